The molecule has 1 aromatic rings. The van der Waals surface area contributed by atoms with Crippen molar-refractivity contribution in [3.8, 4) is 0 Å². The molecule has 0 aliphatic heterocycles. The Hall–Kier alpha value is -0.560. The van der Waals surface area contributed by atoms with E-state index in [4.69, 9.17) is 0 Å². The van der Waals surface area contributed by atoms with Crippen LogP contribution in [0, 0.1) is 11.3 Å². The highest BCUT2D eigenvalue weighted by molar-refractivity contribution is 9.09. The molecule has 92 valence electrons. The average Bonchev–Trinajstić information content (AvgIpc) is 2.32. The Labute approximate surface area is 113 Å². The molecule has 1 aromatic carbocycles. The van der Waals surface area contributed by atoms with E-state index in [9.17, 15) is 0 Å². The summed E-state index contributed by atoms with van der Waals surface area (Å²) in [5.74, 6) is 0.642. The molecule has 0 nitrogen and oxygen atoms in total. The first-order valence-electron chi connectivity index (χ1n) is 6.36. The number of rotatable bonds is 2. The van der Waals surface area contributed by atoms with Crippen LogP contribution in [0.15, 0.2) is 42.0 Å². The first-order chi connectivity index (χ1) is 8.01. The molecule has 0 saturated carbocycles. The van der Waals surface area contributed by atoms with E-state index in [1.54, 1.807) is 5.57 Å². The predicted molar refractivity (Wildman–Crippen MR) is 78.5 cm³/mol. The number of allylic oxidation sites excluding steroid dienone is 2. The Balaban J connectivity index is 2.24. The van der Waals surface area contributed by atoms with Crippen LogP contribution in [-0.4, -0.2) is 4.83 Å². The molecule has 0 spiro atoms. The molecule has 1 aliphatic rings. The molecule has 0 saturated heterocycles. The van der Waals surface area contributed by atoms with Gasteiger partial charge < -0.3 is 0 Å². The summed E-state index contributed by atoms with van der Waals surface area (Å²) in [5.41, 5.74) is 3.32. The van der Waals surface area contributed by atoms with Crippen LogP contribution in [0.4, 0.5) is 0 Å². The molecule has 0 heterocycles. The smallest absolute Gasteiger partial charge is 0.0237 e. The lowest BCUT2D eigenvalue weighted by molar-refractivity contribution is 0.227. The van der Waals surface area contributed by atoms with Crippen molar-refractivity contribution in [3.63, 3.8) is 0 Å². The molecule has 1 heteroatoms. The maximum atomic E-state index is 3.85. The molecule has 0 bridgehead atoms. The minimum atomic E-state index is 0.328. The zero-order chi connectivity index (χ0) is 12.5. The number of alkyl halides is 1. The third-order valence-electron chi connectivity index (χ3n) is 4.18. The topological polar surface area (TPSA) is 0 Å². The van der Waals surface area contributed by atoms with Crippen molar-refractivity contribution in [2.24, 2.45) is 11.3 Å². The second kappa shape index (κ2) is 4.97. The summed E-state index contributed by atoms with van der Waals surface area (Å²) >= 11 is 3.85. The predicted octanol–water partition coefficient (Wildman–Crippen LogP) is 4.99. The van der Waals surface area contributed by atoms with Crippen molar-refractivity contribution in [1.82, 2.24) is 0 Å². The van der Waals surface area contributed by atoms with Crippen molar-refractivity contribution in [2.75, 3.05) is 0 Å². The van der Waals surface area contributed by atoms with E-state index >= 15 is 0 Å². The second-order valence-electron chi connectivity index (χ2n) is 5.72. The van der Waals surface area contributed by atoms with Crippen LogP contribution in [0.1, 0.15) is 32.8 Å². The van der Waals surface area contributed by atoms with Crippen LogP contribution in [0.5, 0.6) is 0 Å². The van der Waals surface area contributed by atoms with E-state index in [-0.39, 0.29) is 0 Å². The number of hydrogen-bond donors (Lipinski definition) is 0. The van der Waals surface area contributed by atoms with Crippen molar-refractivity contribution >= 4 is 15.9 Å². The second-order valence-corrected chi connectivity index (χ2v) is 6.82. The van der Waals surface area contributed by atoms with Gasteiger partial charge >= 0.3 is 0 Å². The lowest BCUT2D eigenvalue weighted by atomic mass is 9.66. The molecule has 0 N–H and O–H groups in total. The van der Waals surface area contributed by atoms with Crippen molar-refractivity contribution in [1.29, 1.82) is 0 Å². The maximum Gasteiger partial charge on any atom is 0.0237 e. The van der Waals surface area contributed by atoms with Gasteiger partial charge in [-0.3, -0.25) is 0 Å². The van der Waals surface area contributed by atoms with Crippen molar-refractivity contribution in [3.05, 3.63) is 47.5 Å². The summed E-state index contributed by atoms with van der Waals surface area (Å²) in [6, 6.07) is 10.8. The molecular weight excluding hydrogens is 272 g/mol. The fraction of sp³-hybridized carbons (Fsp3) is 0.500. The van der Waals surface area contributed by atoms with E-state index in [2.05, 4.69) is 73.1 Å². The Morgan fingerprint density at radius 3 is 2.53 bits per heavy atom. The van der Waals surface area contributed by atoms with Crippen LogP contribution in [0.25, 0.3) is 0 Å². The zero-order valence-electron chi connectivity index (χ0n) is 10.9. The molecule has 0 radical (unpaired) electrons. The van der Waals surface area contributed by atoms with Crippen molar-refractivity contribution < 1.29 is 0 Å². The van der Waals surface area contributed by atoms with Crippen LogP contribution >= 0.6 is 15.9 Å². The Morgan fingerprint density at radius 2 is 1.88 bits per heavy atom. The minimum Gasteiger partial charge on any atom is -0.0881 e. The van der Waals surface area contributed by atoms with E-state index in [0.29, 0.717) is 16.2 Å². The SMILES string of the molecule is CC1=CC[C@H](Br)C(C)(C)[C@@H]1Cc1ccccc1. The van der Waals surface area contributed by atoms with Gasteiger partial charge in [0.2, 0.25) is 0 Å². The van der Waals surface area contributed by atoms with Crippen LogP contribution < -0.4 is 0 Å². The first-order valence-corrected chi connectivity index (χ1v) is 7.28. The van der Waals surface area contributed by atoms with Crippen LogP contribution in [0.2, 0.25) is 0 Å². The fourth-order valence-corrected chi connectivity index (χ4v) is 3.32. The number of hydrogen-bond acceptors (Lipinski definition) is 0. The van der Waals surface area contributed by atoms with E-state index in [1.165, 1.54) is 5.56 Å². The van der Waals surface area contributed by atoms with Gasteiger partial charge in [0.15, 0.2) is 0 Å². The first kappa shape index (κ1) is 12.9. The molecule has 1 aliphatic carbocycles. The molecule has 0 fully saturated rings. The van der Waals surface area contributed by atoms with Gasteiger partial charge in [-0.2, -0.15) is 0 Å². The summed E-state index contributed by atoms with van der Waals surface area (Å²) in [7, 11) is 0. The minimum absolute atomic E-state index is 0.328. The largest absolute Gasteiger partial charge is 0.0881 e. The van der Waals surface area contributed by atoms with Crippen molar-refractivity contribution in [2.45, 2.75) is 38.4 Å². The van der Waals surface area contributed by atoms with Gasteiger partial charge in [-0.1, -0.05) is 71.8 Å². The van der Waals surface area contributed by atoms with Gasteiger partial charge in [0, 0.05) is 4.83 Å². The summed E-state index contributed by atoms with van der Waals surface area (Å²) in [4.78, 5) is 0.590. The molecule has 0 unspecified atom stereocenters. The lowest BCUT2D eigenvalue weighted by Crippen LogP contribution is -2.37. The van der Waals surface area contributed by atoms with E-state index in [1.807, 2.05) is 0 Å². The maximum absolute atomic E-state index is 3.85. The number of halogens is 1. The lowest BCUT2D eigenvalue weighted by Gasteiger charge is -2.42. The molecular formula is C16H21Br. The average molecular weight is 293 g/mol. The summed E-state index contributed by atoms with van der Waals surface area (Å²) < 4.78 is 0. The molecule has 2 rings (SSSR count). The summed E-state index contributed by atoms with van der Waals surface area (Å²) in [6.45, 7) is 7.06. The van der Waals surface area contributed by atoms with Gasteiger partial charge in [0.25, 0.3) is 0 Å². The van der Waals surface area contributed by atoms with E-state index < -0.39 is 0 Å². The Kier molecular flexibility index (Phi) is 3.77. The summed E-state index contributed by atoms with van der Waals surface area (Å²) in [5, 5.41) is 0. The van der Waals surface area contributed by atoms with Gasteiger partial charge in [-0.05, 0) is 36.7 Å². The fourth-order valence-electron chi connectivity index (χ4n) is 2.81. The normalized spacial score (nSPS) is 27.6. The van der Waals surface area contributed by atoms with Gasteiger partial charge in [-0.25, -0.2) is 0 Å². The molecule has 0 amide bonds. The highest BCUT2D eigenvalue weighted by atomic mass is 79.9. The quantitative estimate of drug-likeness (QED) is 0.532. The zero-order valence-corrected chi connectivity index (χ0v) is 12.5. The van der Waals surface area contributed by atoms with Gasteiger partial charge in [0.05, 0.1) is 0 Å². The third-order valence-corrected chi connectivity index (χ3v) is 5.74. The number of benzene rings is 1. The molecule has 0 aromatic heterocycles. The molecule has 17 heavy (non-hydrogen) atoms. The van der Waals surface area contributed by atoms with Gasteiger partial charge in [-0.15, -0.1) is 0 Å². The standard InChI is InChI=1S/C16H21Br/c1-12-9-10-15(17)16(2,3)14(12)11-13-7-5-4-6-8-13/h4-9,14-15H,10-11H2,1-3H3/t14-,15+/m1/s1. The molecule has 2 atom stereocenters. The highest BCUT2D eigenvalue weighted by Crippen LogP contribution is 2.45. The van der Waals surface area contributed by atoms with E-state index in [0.717, 1.165) is 12.8 Å². The monoisotopic (exact) mass is 292 g/mol. The highest BCUT2D eigenvalue weighted by Gasteiger charge is 2.38. The van der Waals surface area contributed by atoms with Crippen LogP contribution in [-0.2, 0) is 6.42 Å². The Morgan fingerprint density at radius 1 is 1.24 bits per heavy atom. The summed E-state index contributed by atoms with van der Waals surface area (Å²) in [6.07, 6.45) is 4.71. The third kappa shape index (κ3) is 2.65. The van der Waals surface area contributed by atoms with Gasteiger partial charge in [0.1, 0.15) is 0 Å². The Bertz CT molecular complexity index is 403. The van der Waals surface area contributed by atoms with Crippen LogP contribution in [0.3, 0.4) is 0 Å².